The largest absolute Gasteiger partial charge is 0.329 e. The van der Waals surface area contributed by atoms with Gasteiger partial charge in [0.05, 0.1) is 5.71 Å². The average molecular weight is 300 g/mol. The molecule has 6 nitrogen and oxygen atoms in total. The average Bonchev–Trinajstić information content (AvgIpc) is 2.55. The first-order valence-electron chi connectivity index (χ1n) is 6.38. The highest BCUT2D eigenvalue weighted by molar-refractivity contribution is 6.39. The van der Waals surface area contributed by atoms with Crippen LogP contribution in [0.5, 0.6) is 0 Å². The lowest BCUT2D eigenvalue weighted by Gasteiger charge is -2.04. The van der Waals surface area contributed by atoms with E-state index >= 15 is 0 Å². The Morgan fingerprint density at radius 1 is 1.05 bits per heavy atom. The molecule has 0 bridgehead atoms. The summed E-state index contributed by atoms with van der Waals surface area (Å²) < 4.78 is 12.7. The molecule has 0 aliphatic rings. The molecule has 0 atom stereocenters. The number of benzene rings is 1. The van der Waals surface area contributed by atoms with Crippen molar-refractivity contribution in [2.24, 2.45) is 5.10 Å². The van der Waals surface area contributed by atoms with E-state index in [0.717, 1.165) is 5.56 Å². The number of anilines is 1. The van der Waals surface area contributed by atoms with Crippen LogP contribution in [0.15, 0.2) is 53.9 Å². The van der Waals surface area contributed by atoms with Gasteiger partial charge >= 0.3 is 11.8 Å². The summed E-state index contributed by atoms with van der Waals surface area (Å²) >= 11 is 0. The summed E-state index contributed by atoms with van der Waals surface area (Å²) in [5, 5.41) is 6.18. The number of pyridine rings is 1. The van der Waals surface area contributed by atoms with Crippen molar-refractivity contribution in [3.63, 3.8) is 0 Å². The molecule has 2 amide bonds. The summed E-state index contributed by atoms with van der Waals surface area (Å²) in [4.78, 5) is 27.2. The molecule has 1 heterocycles. The van der Waals surface area contributed by atoms with Crippen molar-refractivity contribution in [2.75, 3.05) is 5.32 Å². The van der Waals surface area contributed by atoms with Crippen molar-refractivity contribution in [3.8, 4) is 0 Å². The lowest BCUT2D eigenvalue weighted by Crippen LogP contribution is -2.32. The van der Waals surface area contributed by atoms with Crippen LogP contribution < -0.4 is 10.7 Å². The van der Waals surface area contributed by atoms with Crippen LogP contribution >= 0.6 is 0 Å². The minimum absolute atomic E-state index is 0.316. The lowest BCUT2D eigenvalue weighted by molar-refractivity contribution is -0.136. The van der Waals surface area contributed by atoms with E-state index < -0.39 is 17.6 Å². The molecule has 0 aliphatic carbocycles. The van der Waals surface area contributed by atoms with Crippen LogP contribution in [-0.4, -0.2) is 22.5 Å². The van der Waals surface area contributed by atoms with E-state index in [1.807, 2.05) is 0 Å². The van der Waals surface area contributed by atoms with Gasteiger partial charge < -0.3 is 5.32 Å². The third kappa shape index (κ3) is 4.20. The molecular weight excluding hydrogens is 287 g/mol. The number of hydrogen-bond donors (Lipinski definition) is 2. The van der Waals surface area contributed by atoms with Crippen LogP contribution in [0.4, 0.5) is 10.1 Å². The van der Waals surface area contributed by atoms with E-state index in [1.165, 1.54) is 24.3 Å². The van der Waals surface area contributed by atoms with Crippen molar-refractivity contribution in [1.29, 1.82) is 0 Å². The molecule has 0 unspecified atom stereocenters. The van der Waals surface area contributed by atoms with E-state index in [4.69, 9.17) is 0 Å². The highest BCUT2D eigenvalue weighted by Gasteiger charge is 2.13. The summed E-state index contributed by atoms with van der Waals surface area (Å²) in [6.07, 6.45) is 3.19. The van der Waals surface area contributed by atoms with E-state index in [1.54, 1.807) is 31.5 Å². The number of nitrogens with one attached hydrogen (secondary N) is 2. The Balaban J connectivity index is 1.94. The molecule has 22 heavy (non-hydrogen) atoms. The molecule has 2 rings (SSSR count). The van der Waals surface area contributed by atoms with Gasteiger partial charge in [0.2, 0.25) is 0 Å². The van der Waals surface area contributed by atoms with Gasteiger partial charge in [-0.3, -0.25) is 14.6 Å². The normalized spacial score (nSPS) is 10.9. The van der Waals surface area contributed by atoms with E-state index in [0.29, 0.717) is 11.4 Å². The molecule has 0 spiro atoms. The second kappa shape index (κ2) is 7.07. The number of hydrogen-bond acceptors (Lipinski definition) is 4. The predicted molar refractivity (Wildman–Crippen MR) is 79.6 cm³/mol. The van der Waals surface area contributed by atoms with E-state index in [2.05, 4.69) is 20.8 Å². The summed E-state index contributed by atoms with van der Waals surface area (Å²) in [7, 11) is 0. The number of amides is 2. The van der Waals surface area contributed by atoms with Crippen molar-refractivity contribution in [3.05, 3.63) is 60.2 Å². The fourth-order valence-electron chi connectivity index (χ4n) is 1.56. The predicted octanol–water partition coefficient (Wildman–Crippen LogP) is 1.70. The third-order valence-corrected chi connectivity index (χ3v) is 2.73. The van der Waals surface area contributed by atoms with Crippen LogP contribution in [0, 0.1) is 5.82 Å². The first-order chi connectivity index (χ1) is 10.6. The fourth-order valence-corrected chi connectivity index (χ4v) is 1.56. The summed E-state index contributed by atoms with van der Waals surface area (Å²) in [5.74, 6) is -2.24. The molecule has 0 saturated heterocycles. The highest BCUT2D eigenvalue weighted by Crippen LogP contribution is 2.07. The van der Waals surface area contributed by atoms with Gasteiger partial charge in [-0.1, -0.05) is 0 Å². The zero-order valence-electron chi connectivity index (χ0n) is 11.7. The van der Waals surface area contributed by atoms with Gasteiger partial charge in [-0.25, -0.2) is 9.82 Å². The van der Waals surface area contributed by atoms with Crippen LogP contribution in [0.1, 0.15) is 12.5 Å². The Morgan fingerprint density at radius 2 is 1.68 bits per heavy atom. The van der Waals surface area contributed by atoms with Gasteiger partial charge in [0, 0.05) is 23.6 Å². The van der Waals surface area contributed by atoms with Crippen LogP contribution in [0.25, 0.3) is 0 Å². The van der Waals surface area contributed by atoms with Crippen LogP contribution in [-0.2, 0) is 9.59 Å². The van der Waals surface area contributed by atoms with Crippen LogP contribution in [0.2, 0.25) is 0 Å². The minimum atomic E-state index is -0.919. The van der Waals surface area contributed by atoms with Crippen LogP contribution in [0.3, 0.4) is 0 Å². The Kier molecular flexibility index (Phi) is 4.92. The van der Waals surface area contributed by atoms with Gasteiger partial charge in [0.1, 0.15) is 5.82 Å². The zero-order chi connectivity index (χ0) is 15.9. The Labute approximate surface area is 126 Å². The topological polar surface area (TPSA) is 83.5 Å². The summed E-state index contributed by atoms with van der Waals surface area (Å²) in [6, 6.07) is 8.52. The smallest absolute Gasteiger partial charge is 0.318 e. The monoisotopic (exact) mass is 300 g/mol. The number of nitrogens with zero attached hydrogens (tertiary/aromatic N) is 2. The fraction of sp³-hybridized carbons (Fsp3) is 0.0667. The van der Waals surface area contributed by atoms with Gasteiger partial charge in [-0.05, 0) is 43.3 Å². The molecule has 1 aromatic heterocycles. The maximum atomic E-state index is 12.7. The van der Waals surface area contributed by atoms with E-state index in [9.17, 15) is 14.0 Å². The Hall–Kier alpha value is -3.09. The molecule has 1 aromatic carbocycles. The second-order valence-corrected chi connectivity index (χ2v) is 4.34. The first kappa shape index (κ1) is 15.3. The van der Waals surface area contributed by atoms with E-state index in [-0.39, 0.29) is 0 Å². The number of halogens is 1. The molecule has 0 aliphatic heterocycles. The molecule has 0 saturated carbocycles. The first-order valence-corrected chi connectivity index (χ1v) is 6.38. The lowest BCUT2D eigenvalue weighted by atomic mass is 10.2. The molecule has 112 valence electrons. The number of carbonyl (C=O) groups is 2. The van der Waals surface area contributed by atoms with Crippen molar-refractivity contribution < 1.29 is 14.0 Å². The molecule has 2 aromatic rings. The maximum Gasteiger partial charge on any atom is 0.329 e. The number of carbonyl (C=O) groups excluding carboxylic acids is 2. The second-order valence-electron chi connectivity index (χ2n) is 4.34. The molecule has 0 radical (unpaired) electrons. The number of rotatable bonds is 3. The van der Waals surface area contributed by atoms with Gasteiger partial charge in [0.25, 0.3) is 0 Å². The number of aromatic nitrogens is 1. The minimum Gasteiger partial charge on any atom is -0.318 e. The SMILES string of the molecule is CC(=NNC(=O)C(=O)Nc1ccc(F)cc1)c1ccncc1. The number of hydrazone groups is 1. The van der Waals surface area contributed by atoms with Crippen molar-refractivity contribution >= 4 is 23.2 Å². The van der Waals surface area contributed by atoms with Gasteiger partial charge in [0.15, 0.2) is 0 Å². The quantitative estimate of drug-likeness (QED) is 0.514. The molecule has 2 N–H and O–H groups in total. The molecular formula is C15H13FN4O2. The van der Waals surface area contributed by atoms with Gasteiger partial charge in [-0.2, -0.15) is 5.10 Å². The standard InChI is InChI=1S/C15H13FN4O2/c1-10(11-6-8-17-9-7-11)19-20-15(22)14(21)18-13-4-2-12(16)3-5-13/h2-9H,1H3,(H,18,21)(H,20,22). The zero-order valence-corrected chi connectivity index (χ0v) is 11.7. The van der Waals surface area contributed by atoms with Crippen molar-refractivity contribution in [2.45, 2.75) is 6.92 Å². The maximum absolute atomic E-state index is 12.7. The summed E-state index contributed by atoms with van der Waals surface area (Å²) in [6.45, 7) is 1.69. The third-order valence-electron chi connectivity index (χ3n) is 2.73. The molecule has 0 fully saturated rings. The van der Waals surface area contributed by atoms with Crippen molar-refractivity contribution in [1.82, 2.24) is 10.4 Å². The molecule has 7 heteroatoms. The summed E-state index contributed by atoms with van der Waals surface area (Å²) in [5.41, 5.74) is 3.78. The highest BCUT2D eigenvalue weighted by atomic mass is 19.1. The Bertz CT molecular complexity index is 699. The van der Waals surface area contributed by atoms with Gasteiger partial charge in [-0.15, -0.1) is 0 Å². The Morgan fingerprint density at radius 3 is 2.32 bits per heavy atom.